The van der Waals surface area contributed by atoms with Gasteiger partial charge in [0.05, 0.1) is 12.1 Å². The molecule has 2 heterocycles. The highest BCUT2D eigenvalue weighted by Gasteiger charge is 2.33. The van der Waals surface area contributed by atoms with Crippen LogP contribution in [0.25, 0.3) is 0 Å². The SMILES string of the molecule is O=C(NC1(CO)CCOCC1)c1ccc(Br)cn1. The lowest BCUT2D eigenvalue weighted by Crippen LogP contribution is -2.54. The molecule has 1 aliphatic rings. The predicted octanol–water partition coefficient (Wildman–Crippen LogP) is 1.12. The van der Waals surface area contributed by atoms with Crippen LogP contribution in [0.2, 0.25) is 0 Å². The van der Waals surface area contributed by atoms with Gasteiger partial charge in [-0.2, -0.15) is 0 Å². The average molecular weight is 315 g/mol. The molecule has 5 nitrogen and oxygen atoms in total. The van der Waals surface area contributed by atoms with Gasteiger partial charge in [-0.15, -0.1) is 0 Å². The minimum absolute atomic E-state index is 0.0847. The van der Waals surface area contributed by atoms with E-state index in [0.29, 0.717) is 31.7 Å². The summed E-state index contributed by atoms with van der Waals surface area (Å²) in [7, 11) is 0. The molecule has 0 atom stereocenters. The number of amides is 1. The Morgan fingerprint density at radius 3 is 2.78 bits per heavy atom. The van der Waals surface area contributed by atoms with E-state index in [1.807, 2.05) is 0 Å². The maximum absolute atomic E-state index is 12.0. The summed E-state index contributed by atoms with van der Waals surface area (Å²) < 4.78 is 6.07. The van der Waals surface area contributed by atoms with Crippen molar-refractivity contribution in [3.8, 4) is 0 Å². The van der Waals surface area contributed by atoms with E-state index in [2.05, 4.69) is 26.2 Å². The van der Waals surface area contributed by atoms with Crippen LogP contribution < -0.4 is 5.32 Å². The van der Waals surface area contributed by atoms with Gasteiger partial charge in [0.25, 0.3) is 5.91 Å². The third-order valence-electron chi connectivity index (χ3n) is 3.09. The summed E-state index contributed by atoms with van der Waals surface area (Å²) in [6, 6.07) is 3.40. The summed E-state index contributed by atoms with van der Waals surface area (Å²) in [4.78, 5) is 16.1. The topological polar surface area (TPSA) is 71.5 Å². The van der Waals surface area contributed by atoms with Gasteiger partial charge in [-0.05, 0) is 40.9 Å². The van der Waals surface area contributed by atoms with Crippen molar-refractivity contribution in [1.29, 1.82) is 0 Å². The lowest BCUT2D eigenvalue weighted by atomic mass is 9.91. The smallest absolute Gasteiger partial charge is 0.270 e. The summed E-state index contributed by atoms with van der Waals surface area (Å²) in [6.07, 6.45) is 2.81. The molecule has 1 saturated heterocycles. The summed E-state index contributed by atoms with van der Waals surface area (Å²) in [5, 5.41) is 12.4. The molecule has 2 rings (SSSR count). The maximum atomic E-state index is 12.0. The first kappa shape index (κ1) is 13.5. The van der Waals surface area contributed by atoms with Crippen molar-refractivity contribution in [3.05, 3.63) is 28.5 Å². The van der Waals surface area contributed by atoms with Crippen molar-refractivity contribution in [3.63, 3.8) is 0 Å². The van der Waals surface area contributed by atoms with Gasteiger partial charge >= 0.3 is 0 Å². The first-order valence-electron chi connectivity index (χ1n) is 5.78. The van der Waals surface area contributed by atoms with Crippen LogP contribution in [0.15, 0.2) is 22.8 Å². The number of halogens is 1. The van der Waals surface area contributed by atoms with E-state index >= 15 is 0 Å². The van der Waals surface area contributed by atoms with Crippen molar-refractivity contribution < 1.29 is 14.6 Å². The normalized spacial score (nSPS) is 18.3. The number of aliphatic hydroxyl groups excluding tert-OH is 1. The second kappa shape index (κ2) is 5.77. The largest absolute Gasteiger partial charge is 0.394 e. The number of carbonyl (C=O) groups is 1. The van der Waals surface area contributed by atoms with Crippen LogP contribution in [-0.2, 0) is 4.74 Å². The van der Waals surface area contributed by atoms with Crippen LogP contribution in [0.3, 0.4) is 0 Å². The molecule has 0 aliphatic carbocycles. The maximum Gasteiger partial charge on any atom is 0.270 e. The molecule has 0 radical (unpaired) electrons. The van der Waals surface area contributed by atoms with E-state index in [0.717, 1.165) is 4.47 Å². The molecular formula is C12H15BrN2O3. The molecule has 0 spiro atoms. The van der Waals surface area contributed by atoms with Crippen molar-refractivity contribution >= 4 is 21.8 Å². The molecular weight excluding hydrogens is 300 g/mol. The molecule has 2 N–H and O–H groups in total. The Morgan fingerprint density at radius 1 is 1.50 bits per heavy atom. The van der Waals surface area contributed by atoms with Crippen LogP contribution in [0.4, 0.5) is 0 Å². The van der Waals surface area contributed by atoms with Gasteiger partial charge in [0.2, 0.25) is 0 Å². The number of rotatable bonds is 3. The number of aliphatic hydroxyl groups is 1. The molecule has 1 amide bonds. The zero-order chi connectivity index (χ0) is 13.0. The Balaban J connectivity index is 2.07. The van der Waals surface area contributed by atoms with Crippen LogP contribution in [-0.4, -0.2) is 41.4 Å². The Hall–Kier alpha value is -0.980. The molecule has 1 aromatic rings. The first-order valence-corrected chi connectivity index (χ1v) is 6.57. The second-order valence-corrected chi connectivity index (χ2v) is 5.28. The molecule has 0 aromatic carbocycles. The van der Waals surface area contributed by atoms with E-state index in [-0.39, 0.29) is 12.5 Å². The zero-order valence-corrected chi connectivity index (χ0v) is 11.4. The summed E-state index contributed by atoms with van der Waals surface area (Å²) in [5.41, 5.74) is -0.234. The van der Waals surface area contributed by atoms with Crippen LogP contribution in [0, 0.1) is 0 Å². The average Bonchev–Trinajstić information content (AvgIpc) is 2.40. The lowest BCUT2D eigenvalue weighted by Gasteiger charge is -2.36. The predicted molar refractivity (Wildman–Crippen MR) is 69.3 cm³/mol. The molecule has 1 aliphatic heterocycles. The van der Waals surface area contributed by atoms with Crippen molar-refractivity contribution in [2.75, 3.05) is 19.8 Å². The molecule has 0 saturated carbocycles. The highest BCUT2D eigenvalue weighted by molar-refractivity contribution is 9.10. The van der Waals surface area contributed by atoms with E-state index < -0.39 is 5.54 Å². The molecule has 1 fully saturated rings. The first-order chi connectivity index (χ1) is 8.65. The fourth-order valence-electron chi connectivity index (χ4n) is 1.90. The van der Waals surface area contributed by atoms with E-state index in [1.54, 1.807) is 18.3 Å². The molecule has 0 bridgehead atoms. The molecule has 0 unspecified atom stereocenters. The van der Waals surface area contributed by atoms with Crippen LogP contribution >= 0.6 is 15.9 Å². The van der Waals surface area contributed by atoms with Gasteiger partial charge in [0, 0.05) is 23.9 Å². The Labute approximate surface area is 114 Å². The number of nitrogens with one attached hydrogen (secondary N) is 1. The summed E-state index contributed by atoms with van der Waals surface area (Å²) in [6.45, 7) is 1.02. The number of pyridine rings is 1. The van der Waals surface area contributed by atoms with Gasteiger partial charge in [-0.1, -0.05) is 0 Å². The molecule has 98 valence electrons. The molecule has 1 aromatic heterocycles. The van der Waals surface area contributed by atoms with Gasteiger partial charge < -0.3 is 15.2 Å². The fourth-order valence-corrected chi connectivity index (χ4v) is 2.13. The van der Waals surface area contributed by atoms with Gasteiger partial charge in [-0.25, -0.2) is 4.98 Å². The number of aromatic nitrogens is 1. The van der Waals surface area contributed by atoms with Crippen molar-refractivity contribution in [2.24, 2.45) is 0 Å². The van der Waals surface area contributed by atoms with Crippen LogP contribution in [0.5, 0.6) is 0 Å². The molecule has 18 heavy (non-hydrogen) atoms. The second-order valence-electron chi connectivity index (χ2n) is 4.37. The third kappa shape index (κ3) is 3.07. The Morgan fingerprint density at radius 2 is 2.22 bits per heavy atom. The van der Waals surface area contributed by atoms with Crippen molar-refractivity contribution in [2.45, 2.75) is 18.4 Å². The monoisotopic (exact) mass is 314 g/mol. The highest BCUT2D eigenvalue weighted by Crippen LogP contribution is 2.20. The van der Waals surface area contributed by atoms with Gasteiger partial charge in [-0.3, -0.25) is 4.79 Å². The molecule has 6 heteroatoms. The standard InChI is InChI=1S/C12H15BrN2O3/c13-9-1-2-10(14-7-9)11(17)15-12(8-16)3-5-18-6-4-12/h1-2,7,16H,3-6,8H2,(H,15,17). The number of hydrogen-bond acceptors (Lipinski definition) is 4. The van der Waals surface area contributed by atoms with Crippen LogP contribution in [0.1, 0.15) is 23.3 Å². The number of hydrogen-bond donors (Lipinski definition) is 2. The van der Waals surface area contributed by atoms with E-state index in [1.165, 1.54) is 0 Å². The minimum atomic E-state index is -0.579. The third-order valence-corrected chi connectivity index (χ3v) is 3.56. The summed E-state index contributed by atoms with van der Waals surface area (Å²) in [5.74, 6) is -0.265. The zero-order valence-electron chi connectivity index (χ0n) is 9.86. The van der Waals surface area contributed by atoms with Crippen molar-refractivity contribution in [1.82, 2.24) is 10.3 Å². The fraction of sp³-hybridized carbons (Fsp3) is 0.500. The van der Waals surface area contributed by atoms with Gasteiger partial charge in [0.1, 0.15) is 5.69 Å². The minimum Gasteiger partial charge on any atom is -0.394 e. The van der Waals surface area contributed by atoms with E-state index in [9.17, 15) is 9.90 Å². The lowest BCUT2D eigenvalue weighted by molar-refractivity contribution is 0.0124. The number of carbonyl (C=O) groups excluding carboxylic acids is 1. The Bertz CT molecular complexity index is 416. The van der Waals surface area contributed by atoms with E-state index in [4.69, 9.17) is 4.74 Å². The van der Waals surface area contributed by atoms with Gasteiger partial charge in [0.15, 0.2) is 0 Å². The number of nitrogens with zero attached hydrogens (tertiary/aromatic N) is 1. The Kier molecular flexibility index (Phi) is 4.31. The summed E-state index contributed by atoms with van der Waals surface area (Å²) >= 11 is 3.27. The highest BCUT2D eigenvalue weighted by atomic mass is 79.9. The quantitative estimate of drug-likeness (QED) is 0.877. The number of ether oxygens (including phenoxy) is 1.